The second-order valence-corrected chi connectivity index (χ2v) is 5.05. The summed E-state index contributed by atoms with van der Waals surface area (Å²) in [7, 11) is 6.78. The second-order valence-electron chi connectivity index (χ2n) is 5.05. The molecule has 0 saturated heterocycles. The Labute approximate surface area is 84.0 Å². The van der Waals surface area contributed by atoms with Crippen LogP contribution in [0.3, 0.4) is 0 Å². The van der Waals surface area contributed by atoms with Gasteiger partial charge in [0.2, 0.25) is 0 Å². The van der Waals surface area contributed by atoms with Crippen LogP contribution in [0.1, 0.15) is 33.1 Å². The molecular weight excluding hydrogens is 158 g/mol. The number of hydrogen-bond donors (Lipinski definition) is 0. The summed E-state index contributed by atoms with van der Waals surface area (Å²) in [4.78, 5) is 0. The van der Waals surface area contributed by atoms with Crippen LogP contribution in [0.5, 0.6) is 0 Å². The Bertz CT molecular complexity index is 153. The van der Waals surface area contributed by atoms with E-state index in [4.69, 9.17) is 0 Å². The van der Waals surface area contributed by atoms with Gasteiger partial charge in [0.1, 0.15) is 0 Å². The van der Waals surface area contributed by atoms with Crippen molar-refractivity contribution in [3.63, 3.8) is 0 Å². The Kier molecular flexibility index (Phi) is 5.31. The van der Waals surface area contributed by atoms with E-state index in [0.29, 0.717) is 0 Å². The van der Waals surface area contributed by atoms with Gasteiger partial charge in [-0.15, -0.1) is 0 Å². The van der Waals surface area contributed by atoms with E-state index in [1.807, 2.05) is 0 Å². The lowest BCUT2D eigenvalue weighted by atomic mass is 9.95. The summed E-state index contributed by atoms with van der Waals surface area (Å²) >= 11 is 0. The maximum atomic E-state index is 4.08. The highest BCUT2D eigenvalue weighted by molar-refractivity contribution is 4.94. The summed E-state index contributed by atoms with van der Waals surface area (Å²) in [5.74, 6) is 0.812. The van der Waals surface area contributed by atoms with Crippen molar-refractivity contribution in [1.29, 1.82) is 0 Å². The van der Waals surface area contributed by atoms with Crippen LogP contribution in [0.15, 0.2) is 12.2 Å². The Hall–Kier alpha value is -0.300. The molecule has 1 atom stereocenters. The van der Waals surface area contributed by atoms with Crippen molar-refractivity contribution in [3.8, 4) is 0 Å². The van der Waals surface area contributed by atoms with E-state index in [2.05, 4.69) is 41.6 Å². The lowest BCUT2D eigenvalue weighted by molar-refractivity contribution is -0.873. The first-order chi connectivity index (χ1) is 5.89. The minimum atomic E-state index is 0.812. The standard InChI is InChI=1S/C12H26N/c1-7-11(3)9-12(8-2)10-13(4,5)6/h12H,3,7-10H2,1-2,4-6H3/q+1. The van der Waals surface area contributed by atoms with Crippen molar-refractivity contribution in [2.75, 3.05) is 27.7 Å². The van der Waals surface area contributed by atoms with E-state index in [0.717, 1.165) is 16.8 Å². The molecule has 0 radical (unpaired) electrons. The summed E-state index contributed by atoms with van der Waals surface area (Å²) in [6.07, 6.45) is 3.62. The van der Waals surface area contributed by atoms with Gasteiger partial charge in [-0.05, 0) is 19.3 Å². The zero-order chi connectivity index (χ0) is 10.5. The smallest absolute Gasteiger partial charge is 0.0812 e. The summed E-state index contributed by atoms with van der Waals surface area (Å²) in [5, 5.41) is 0. The van der Waals surface area contributed by atoms with E-state index in [-0.39, 0.29) is 0 Å². The molecule has 0 aliphatic heterocycles. The number of nitrogens with zero attached hydrogens (tertiary/aromatic N) is 1. The fourth-order valence-corrected chi connectivity index (χ4v) is 1.67. The molecule has 0 heterocycles. The quantitative estimate of drug-likeness (QED) is 0.439. The number of hydrogen-bond acceptors (Lipinski definition) is 0. The zero-order valence-electron chi connectivity index (χ0n) is 10.1. The maximum Gasteiger partial charge on any atom is 0.0812 e. The molecule has 0 aliphatic carbocycles. The molecule has 0 aliphatic rings. The lowest BCUT2D eigenvalue weighted by Crippen LogP contribution is -2.39. The molecule has 0 amide bonds. The first-order valence-corrected chi connectivity index (χ1v) is 5.36. The molecular formula is C12H26N+. The van der Waals surface area contributed by atoms with E-state index in [1.165, 1.54) is 25.0 Å². The molecule has 0 saturated carbocycles. The molecule has 1 nitrogen and oxygen atoms in total. The van der Waals surface area contributed by atoms with Gasteiger partial charge in [-0.1, -0.05) is 26.0 Å². The highest BCUT2D eigenvalue weighted by atomic mass is 15.3. The van der Waals surface area contributed by atoms with Gasteiger partial charge in [0, 0.05) is 5.92 Å². The van der Waals surface area contributed by atoms with Crippen molar-refractivity contribution in [2.24, 2.45) is 5.92 Å². The fraction of sp³-hybridized carbons (Fsp3) is 0.833. The number of allylic oxidation sites excluding steroid dienone is 1. The predicted molar refractivity (Wildman–Crippen MR) is 60.7 cm³/mol. The first kappa shape index (κ1) is 12.7. The van der Waals surface area contributed by atoms with Gasteiger partial charge in [0.15, 0.2) is 0 Å². The number of rotatable bonds is 6. The molecule has 0 aromatic rings. The van der Waals surface area contributed by atoms with E-state index in [9.17, 15) is 0 Å². The molecule has 0 N–H and O–H groups in total. The van der Waals surface area contributed by atoms with Gasteiger partial charge in [-0.25, -0.2) is 0 Å². The van der Waals surface area contributed by atoms with Crippen molar-refractivity contribution < 1.29 is 4.48 Å². The Balaban J connectivity index is 3.97. The molecule has 0 bridgehead atoms. The lowest BCUT2D eigenvalue weighted by Gasteiger charge is -2.29. The van der Waals surface area contributed by atoms with Gasteiger partial charge >= 0.3 is 0 Å². The average Bonchev–Trinajstić information content (AvgIpc) is 2.00. The normalized spacial score (nSPS) is 14.2. The van der Waals surface area contributed by atoms with Gasteiger partial charge < -0.3 is 4.48 Å². The highest BCUT2D eigenvalue weighted by Crippen LogP contribution is 2.18. The molecule has 0 rings (SSSR count). The summed E-state index contributed by atoms with van der Waals surface area (Å²) < 4.78 is 1.06. The Morgan fingerprint density at radius 1 is 1.23 bits per heavy atom. The zero-order valence-corrected chi connectivity index (χ0v) is 10.1. The summed E-state index contributed by atoms with van der Waals surface area (Å²) in [6.45, 7) is 9.82. The van der Waals surface area contributed by atoms with Crippen LogP contribution in [-0.2, 0) is 0 Å². The molecule has 0 spiro atoms. The Morgan fingerprint density at radius 3 is 2.08 bits per heavy atom. The predicted octanol–water partition coefficient (Wildman–Crippen LogP) is 3.08. The minimum absolute atomic E-state index is 0.812. The molecule has 13 heavy (non-hydrogen) atoms. The van der Waals surface area contributed by atoms with Crippen LogP contribution in [0.2, 0.25) is 0 Å². The van der Waals surface area contributed by atoms with Crippen LogP contribution in [-0.4, -0.2) is 32.2 Å². The minimum Gasteiger partial charge on any atom is -0.331 e. The molecule has 78 valence electrons. The van der Waals surface area contributed by atoms with Crippen molar-refractivity contribution >= 4 is 0 Å². The first-order valence-electron chi connectivity index (χ1n) is 5.36. The van der Waals surface area contributed by atoms with Crippen LogP contribution in [0.4, 0.5) is 0 Å². The maximum absolute atomic E-state index is 4.08. The third-order valence-electron chi connectivity index (χ3n) is 2.46. The largest absolute Gasteiger partial charge is 0.331 e. The average molecular weight is 184 g/mol. The van der Waals surface area contributed by atoms with E-state index in [1.54, 1.807) is 0 Å². The molecule has 0 aromatic carbocycles. The second kappa shape index (κ2) is 5.43. The van der Waals surface area contributed by atoms with Gasteiger partial charge in [-0.3, -0.25) is 0 Å². The third-order valence-corrected chi connectivity index (χ3v) is 2.46. The van der Waals surface area contributed by atoms with Crippen LogP contribution in [0, 0.1) is 5.92 Å². The summed E-state index contributed by atoms with van der Waals surface area (Å²) in [5.41, 5.74) is 1.40. The van der Waals surface area contributed by atoms with E-state index >= 15 is 0 Å². The molecule has 1 heteroatoms. The molecule has 0 aromatic heterocycles. The number of quaternary nitrogens is 1. The van der Waals surface area contributed by atoms with Crippen molar-refractivity contribution in [3.05, 3.63) is 12.2 Å². The van der Waals surface area contributed by atoms with Crippen molar-refractivity contribution in [2.45, 2.75) is 33.1 Å². The van der Waals surface area contributed by atoms with Gasteiger partial charge in [0.25, 0.3) is 0 Å². The van der Waals surface area contributed by atoms with Crippen LogP contribution in [0.25, 0.3) is 0 Å². The van der Waals surface area contributed by atoms with Gasteiger partial charge in [0.05, 0.1) is 27.7 Å². The van der Waals surface area contributed by atoms with Crippen LogP contribution >= 0.6 is 0 Å². The topological polar surface area (TPSA) is 0 Å². The summed E-state index contributed by atoms with van der Waals surface area (Å²) in [6, 6.07) is 0. The SMILES string of the molecule is C=C(CC)CC(CC)C[N+](C)(C)C. The monoisotopic (exact) mass is 184 g/mol. The van der Waals surface area contributed by atoms with Crippen molar-refractivity contribution in [1.82, 2.24) is 0 Å². The molecule has 0 fully saturated rings. The van der Waals surface area contributed by atoms with Crippen LogP contribution < -0.4 is 0 Å². The molecule has 1 unspecified atom stereocenters. The Morgan fingerprint density at radius 2 is 1.77 bits per heavy atom. The fourth-order valence-electron chi connectivity index (χ4n) is 1.67. The van der Waals surface area contributed by atoms with E-state index < -0.39 is 0 Å². The third kappa shape index (κ3) is 6.83. The highest BCUT2D eigenvalue weighted by Gasteiger charge is 2.16. The van der Waals surface area contributed by atoms with Gasteiger partial charge in [-0.2, -0.15) is 0 Å².